The van der Waals surface area contributed by atoms with Crippen LogP contribution in [0.4, 0.5) is 0 Å². The zero-order valence-corrected chi connectivity index (χ0v) is 12.7. The van der Waals surface area contributed by atoms with Gasteiger partial charge < -0.3 is 9.80 Å². The van der Waals surface area contributed by atoms with Gasteiger partial charge in [0.1, 0.15) is 0 Å². The maximum Gasteiger partial charge on any atom is 0.244 e. The van der Waals surface area contributed by atoms with E-state index in [0.717, 1.165) is 58.3 Å². The van der Waals surface area contributed by atoms with E-state index in [1.807, 2.05) is 0 Å². The van der Waals surface area contributed by atoms with Gasteiger partial charge in [0.15, 0.2) is 0 Å². The molecule has 0 aromatic carbocycles. The van der Waals surface area contributed by atoms with Crippen LogP contribution in [0.5, 0.6) is 0 Å². The van der Waals surface area contributed by atoms with Crippen LogP contribution in [-0.4, -0.2) is 53.6 Å². The smallest absolute Gasteiger partial charge is 0.244 e. The molecule has 2 aliphatic rings. The molecule has 1 unspecified atom stereocenters. The van der Waals surface area contributed by atoms with Crippen molar-refractivity contribution in [2.45, 2.75) is 64.6 Å². The molecule has 1 amide bonds. The average Bonchev–Trinajstić information content (AvgIpc) is 3.14. The number of rotatable bonds is 8. The lowest BCUT2D eigenvalue weighted by atomic mass is 10.2. The fourth-order valence-electron chi connectivity index (χ4n) is 3.12. The van der Waals surface area contributed by atoms with Crippen molar-refractivity contribution in [1.29, 1.82) is 0 Å². The second-order valence-electron chi connectivity index (χ2n) is 5.91. The van der Waals surface area contributed by atoms with Crippen molar-refractivity contribution < 1.29 is 4.79 Å². The van der Waals surface area contributed by atoms with Gasteiger partial charge in [-0.2, -0.15) is 0 Å². The Hall–Kier alpha value is -0.610. The molecule has 2 fully saturated rings. The molecule has 1 saturated heterocycles. The average molecular weight is 267 g/mol. The third-order valence-corrected chi connectivity index (χ3v) is 4.57. The fourth-order valence-corrected chi connectivity index (χ4v) is 3.12. The number of hydrogen-bond acceptors (Lipinski definition) is 3. The number of carbonyl (C=O) groups is 1. The first-order valence-electron chi connectivity index (χ1n) is 7.98. The van der Waals surface area contributed by atoms with Crippen LogP contribution in [0.3, 0.4) is 0 Å². The summed E-state index contributed by atoms with van der Waals surface area (Å²) in [6, 6.07) is 0. The minimum atomic E-state index is -0.144. The first kappa shape index (κ1) is 14.8. The van der Waals surface area contributed by atoms with Gasteiger partial charge in [-0.1, -0.05) is 27.2 Å². The maximum atomic E-state index is 12.4. The third kappa shape index (κ3) is 3.11. The second kappa shape index (κ2) is 6.23. The Morgan fingerprint density at radius 1 is 1.32 bits per heavy atom. The van der Waals surface area contributed by atoms with Crippen LogP contribution in [0.1, 0.15) is 52.9 Å². The number of nitrogens with one attached hydrogen (secondary N) is 1. The lowest BCUT2D eigenvalue weighted by Crippen LogP contribution is -2.39. The molecule has 0 aromatic heterocycles. The van der Waals surface area contributed by atoms with Gasteiger partial charge in [-0.25, -0.2) is 0 Å². The van der Waals surface area contributed by atoms with Gasteiger partial charge >= 0.3 is 0 Å². The number of amides is 1. The van der Waals surface area contributed by atoms with Crippen molar-refractivity contribution in [3.8, 4) is 0 Å². The molecule has 0 radical (unpaired) electrons. The van der Waals surface area contributed by atoms with Gasteiger partial charge in [0, 0.05) is 6.54 Å². The van der Waals surface area contributed by atoms with Gasteiger partial charge in [-0.05, 0) is 45.3 Å². The van der Waals surface area contributed by atoms with Crippen LogP contribution < -0.4 is 5.32 Å². The summed E-state index contributed by atoms with van der Waals surface area (Å²) in [6.45, 7) is 10.8. The predicted octanol–water partition coefficient (Wildman–Crippen LogP) is 1.81. The van der Waals surface area contributed by atoms with E-state index in [1.165, 1.54) is 0 Å². The molecular formula is C15H29N3O. The number of carbonyl (C=O) groups excluding carboxylic acids is 1. The van der Waals surface area contributed by atoms with Crippen LogP contribution in [0.25, 0.3) is 0 Å². The Balaban J connectivity index is 1.84. The lowest BCUT2D eigenvalue weighted by molar-refractivity contribution is -0.130. The van der Waals surface area contributed by atoms with E-state index in [-0.39, 0.29) is 11.7 Å². The highest BCUT2D eigenvalue weighted by Gasteiger charge is 2.58. The molecule has 1 saturated carbocycles. The van der Waals surface area contributed by atoms with Crippen molar-refractivity contribution >= 4 is 5.91 Å². The molecule has 1 aliphatic carbocycles. The largest absolute Gasteiger partial charge is 0.325 e. The maximum absolute atomic E-state index is 12.4. The zero-order valence-electron chi connectivity index (χ0n) is 12.7. The molecule has 1 heterocycles. The molecule has 1 N–H and O–H groups in total. The van der Waals surface area contributed by atoms with Crippen LogP contribution in [-0.2, 0) is 4.79 Å². The Bertz CT molecular complexity index is 311. The normalized spacial score (nSPS) is 24.7. The minimum Gasteiger partial charge on any atom is -0.325 e. The molecule has 1 atom stereocenters. The molecule has 4 nitrogen and oxygen atoms in total. The molecular weight excluding hydrogens is 238 g/mol. The molecule has 19 heavy (non-hydrogen) atoms. The molecule has 0 aromatic rings. The highest BCUT2D eigenvalue weighted by molar-refractivity contribution is 5.91. The zero-order chi connectivity index (χ0) is 13.9. The van der Waals surface area contributed by atoms with Crippen molar-refractivity contribution in [2.24, 2.45) is 0 Å². The number of hydrogen-bond donors (Lipinski definition) is 1. The molecule has 1 aliphatic heterocycles. The summed E-state index contributed by atoms with van der Waals surface area (Å²) in [5.74, 6) is 0.366. The Morgan fingerprint density at radius 3 is 2.53 bits per heavy atom. The minimum absolute atomic E-state index is 0.144. The lowest BCUT2D eigenvalue weighted by Gasteiger charge is -2.25. The van der Waals surface area contributed by atoms with Gasteiger partial charge in [0.2, 0.25) is 5.91 Å². The van der Waals surface area contributed by atoms with Gasteiger partial charge in [-0.3, -0.25) is 10.1 Å². The quantitative estimate of drug-likeness (QED) is 0.728. The van der Waals surface area contributed by atoms with Crippen molar-refractivity contribution in [2.75, 3.05) is 26.2 Å². The molecule has 0 bridgehead atoms. The standard InChI is InChI=1S/C15H29N3O/c1-4-8-13-16-15(9-10-15)14(19)18(13)12-7-11-17(5-2)6-3/h13,16H,4-12H2,1-3H3. The van der Waals surface area contributed by atoms with Crippen LogP contribution in [0, 0.1) is 0 Å². The molecule has 2 rings (SSSR count). The van der Waals surface area contributed by atoms with Crippen molar-refractivity contribution in [3.05, 3.63) is 0 Å². The summed E-state index contributed by atoms with van der Waals surface area (Å²) in [4.78, 5) is 17.0. The van der Waals surface area contributed by atoms with Gasteiger partial charge in [-0.15, -0.1) is 0 Å². The van der Waals surface area contributed by atoms with Gasteiger partial charge in [0.05, 0.1) is 11.7 Å². The van der Waals surface area contributed by atoms with Gasteiger partial charge in [0.25, 0.3) is 0 Å². The van der Waals surface area contributed by atoms with E-state index in [1.54, 1.807) is 0 Å². The SMILES string of the molecule is CCCC1NC2(CC2)C(=O)N1CCCN(CC)CC. The van der Waals surface area contributed by atoms with Crippen LogP contribution >= 0.6 is 0 Å². The van der Waals surface area contributed by atoms with E-state index in [0.29, 0.717) is 5.91 Å². The predicted molar refractivity (Wildman–Crippen MR) is 77.9 cm³/mol. The summed E-state index contributed by atoms with van der Waals surface area (Å²) in [7, 11) is 0. The molecule has 1 spiro atoms. The van der Waals surface area contributed by atoms with Crippen LogP contribution in [0.2, 0.25) is 0 Å². The molecule has 4 heteroatoms. The van der Waals surface area contributed by atoms with E-state index < -0.39 is 0 Å². The summed E-state index contributed by atoms with van der Waals surface area (Å²) in [5.41, 5.74) is -0.144. The number of nitrogens with zero attached hydrogens (tertiary/aromatic N) is 2. The topological polar surface area (TPSA) is 35.6 Å². The highest BCUT2D eigenvalue weighted by Crippen LogP contribution is 2.42. The van der Waals surface area contributed by atoms with Crippen LogP contribution in [0.15, 0.2) is 0 Å². The second-order valence-corrected chi connectivity index (χ2v) is 5.91. The van der Waals surface area contributed by atoms with E-state index in [2.05, 4.69) is 35.9 Å². The Kier molecular flexibility index (Phi) is 4.85. The summed E-state index contributed by atoms with van der Waals surface area (Å²) in [5, 5.41) is 3.57. The van der Waals surface area contributed by atoms with E-state index in [4.69, 9.17) is 0 Å². The Morgan fingerprint density at radius 2 is 2.00 bits per heavy atom. The monoisotopic (exact) mass is 267 g/mol. The first-order chi connectivity index (χ1) is 9.16. The highest BCUT2D eigenvalue weighted by atomic mass is 16.2. The fraction of sp³-hybridized carbons (Fsp3) is 0.933. The first-order valence-corrected chi connectivity index (χ1v) is 7.98. The third-order valence-electron chi connectivity index (χ3n) is 4.57. The Labute approximate surface area is 117 Å². The van der Waals surface area contributed by atoms with E-state index >= 15 is 0 Å². The summed E-state index contributed by atoms with van der Waals surface area (Å²) < 4.78 is 0. The summed E-state index contributed by atoms with van der Waals surface area (Å²) >= 11 is 0. The van der Waals surface area contributed by atoms with E-state index in [9.17, 15) is 4.79 Å². The van der Waals surface area contributed by atoms with Crippen molar-refractivity contribution in [3.63, 3.8) is 0 Å². The molecule has 110 valence electrons. The summed E-state index contributed by atoms with van der Waals surface area (Å²) in [6.07, 6.45) is 5.67. The van der Waals surface area contributed by atoms with Crippen molar-refractivity contribution in [1.82, 2.24) is 15.1 Å².